The standard InChI is InChI=1S/C19H30N2O5S/c1-2-3-10-27(23,24)15-4-5-17-18(11-15)25-13-19(26-17)16(22)12-21-14-6-8-20-9-7-14/h4-5,11,14,16,19-22H,2-3,6-10,12-13H2,1H3. The van der Waals surface area contributed by atoms with Gasteiger partial charge in [-0.25, -0.2) is 8.42 Å². The van der Waals surface area contributed by atoms with E-state index in [0.717, 1.165) is 32.4 Å². The van der Waals surface area contributed by atoms with Gasteiger partial charge in [0.05, 0.1) is 10.6 Å². The first-order chi connectivity index (χ1) is 13.0. The van der Waals surface area contributed by atoms with Gasteiger partial charge in [-0.2, -0.15) is 0 Å². The lowest BCUT2D eigenvalue weighted by Crippen LogP contribution is -2.48. The number of aliphatic hydroxyl groups excluding tert-OH is 1. The summed E-state index contributed by atoms with van der Waals surface area (Å²) >= 11 is 0. The molecule has 7 nitrogen and oxygen atoms in total. The smallest absolute Gasteiger partial charge is 0.178 e. The van der Waals surface area contributed by atoms with Gasteiger partial charge < -0.3 is 25.2 Å². The van der Waals surface area contributed by atoms with Crippen LogP contribution < -0.4 is 20.1 Å². The maximum absolute atomic E-state index is 12.3. The van der Waals surface area contributed by atoms with Gasteiger partial charge in [-0.1, -0.05) is 13.3 Å². The van der Waals surface area contributed by atoms with Crippen molar-refractivity contribution in [3.05, 3.63) is 18.2 Å². The fourth-order valence-corrected chi connectivity index (χ4v) is 4.81. The number of ether oxygens (including phenoxy) is 2. The van der Waals surface area contributed by atoms with E-state index in [0.29, 0.717) is 30.5 Å². The summed E-state index contributed by atoms with van der Waals surface area (Å²) in [5.74, 6) is 1.02. The Labute approximate surface area is 161 Å². The first-order valence-corrected chi connectivity index (χ1v) is 11.4. The highest BCUT2D eigenvalue weighted by Crippen LogP contribution is 2.34. The summed E-state index contributed by atoms with van der Waals surface area (Å²) in [6, 6.07) is 5.10. The Morgan fingerprint density at radius 2 is 2.07 bits per heavy atom. The number of hydrogen-bond donors (Lipinski definition) is 3. The average molecular weight is 399 g/mol. The van der Waals surface area contributed by atoms with Gasteiger partial charge in [0.2, 0.25) is 0 Å². The van der Waals surface area contributed by atoms with E-state index in [1.165, 1.54) is 6.07 Å². The van der Waals surface area contributed by atoms with Gasteiger partial charge in [0.15, 0.2) is 27.4 Å². The summed E-state index contributed by atoms with van der Waals surface area (Å²) in [4.78, 5) is 0.255. The van der Waals surface area contributed by atoms with Crippen LogP contribution in [0.2, 0.25) is 0 Å². The molecule has 0 bridgehead atoms. The van der Waals surface area contributed by atoms with E-state index >= 15 is 0 Å². The molecule has 1 aromatic carbocycles. The second-order valence-corrected chi connectivity index (χ2v) is 9.36. The number of sulfone groups is 1. The Morgan fingerprint density at radius 1 is 1.30 bits per heavy atom. The molecule has 2 aliphatic heterocycles. The second kappa shape index (κ2) is 9.23. The zero-order valence-electron chi connectivity index (χ0n) is 15.8. The fourth-order valence-electron chi connectivity index (χ4n) is 3.35. The minimum atomic E-state index is -3.31. The maximum Gasteiger partial charge on any atom is 0.178 e. The molecule has 1 saturated heterocycles. The fraction of sp³-hybridized carbons (Fsp3) is 0.684. The molecule has 2 aliphatic rings. The quantitative estimate of drug-likeness (QED) is 0.603. The topological polar surface area (TPSA) is 96.9 Å². The van der Waals surface area contributed by atoms with Crippen molar-refractivity contribution in [2.24, 2.45) is 0 Å². The molecule has 0 amide bonds. The summed E-state index contributed by atoms with van der Waals surface area (Å²) in [6.45, 7) is 4.59. The third-order valence-electron chi connectivity index (χ3n) is 5.11. The third-order valence-corrected chi connectivity index (χ3v) is 6.90. The lowest BCUT2D eigenvalue weighted by molar-refractivity contribution is -0.0106. The summed E-state index contributed by atoms with van der Waals surface area (Å²) in [6.07, 6.45) is 2.39. The lowest BCUT2D eigenvalue weighted by atomic mass is 10.1. The number of piperidine rings is 1. The van der Waals surface area contributed by atoms with Crippen LogP contribution in [0.15, 0.2) is 23.1 Å². The van der Waals surface area contributed by atoms with Crippen molar-refractivity contribution in [3.8, 4) is 11.5 Å². The molecule has 27 heavy (non-hydrogen) atoms. The van der Waals surface area contributed by atoms with Crippen LogP contribution in [0.4, 0.5) is 0 Å². The molecule has 3 rings (SSSR count). The van der Waals surface area contributed by atoms with Crippen molar-refractivity contribution in [1.82, 2.24) is 10.6 Å². The first-order valence-electron chi connectivity index (χ1n) is 9.78. The van der Waals surface area contributed by atoms with E-state index in [1.54, 1.807) is 12.1 Å². The zero-order valence-corrected chi connectivity index (χ0v) is 16.6. The molecule has 8 heteroatoms. The van der Waals surface area contributed by atoms with Crippen LogP contribution in [0.1, 0.15) is 32.6 Å². The van der Waals surface area contributed by atoms with Crippen molar-refractivity contribution < 1.29 is 23.0 Å². The summed E-state index contributed by atoms with van der Waals surface area (Å²) in [7, 11) is -3.31. The summed E-state index contributed by atoms with van der Waals surface area (Å²) in [5.41, 5.74) is 0. The molecule has 0 aliphatic carbocycles. The molecular formula is C19H30N2O5S. The van der Waals surface area contributed by atoms with Crippen LogP contribution in [0, 0.1) is 0 Å². The van der Waals surface area contributed by atoms with E-state index in [4.69, 9.17) is 9.47 Å². The van der Waals surface area contributed by atoms with Crippen LogP contribution in [-0.2, 0) is 9.84 Å². The van der Waals surface area contributed by atoms with E-state index in [2.05, 4.69) is 10.6 Å². The van der Waals surface area contributed by atoms with Crippen molar-refractivity contribution in [3.63, 3.8) is 0 Å². The van der Waals surface area contributed by atoms with Crippen LogP contribution in [0.3, 0.4) is 0 Å². The molecule has 0 radical (unpaired) electrons. The second-order valence-electron chi connectivity index (χ2n) is 7.25. The minimum absolute atomic E-state index is 0.132. The Hall–Kier alpha value is -1.35. The van der Waals surface area contributed by atoms with Gasteiger partial charge in [0.25, 0.3) is 0 Å². The number of aliphatic hydroxyl groups is 1. The monoisotopic (exact) mass is 398 g/mol. The molecule has 0 spiro atoms. The Morgan fingerprint density at radius 3 is 2.81 bits per heavy atom. The molecule has 0 saturated carbocycles. The Balaban J connectivity index is 1.57. The maximum atomic E-state index is 12.3. The van der Waals surface area contributed by atoms with E-state index in [-0.39, 0.29) is 17.3 Å². The highest BCUT2D eigenvalue weighted by atomic mass is 32.2. The van der Waals surface area contributed by atoms with Crippen LogP contribution in [-0.4, -0.2) is 63.8 Å². The molecule has 2 atom stereocenters. The van der Waals surface area contributed by atoms with Gasteiger partial charge >= 0.3 is 0 Å². The number of rotatable bonds is 8. The van der Waals surface area contributed by atoms with E-state index in [9.17, 15) is 13.5 Å². The number of unbranched alkanes of at least 4 members (excludes halogenated alkanes) is 1. The number of hydrogen-bond acceptors (Lipinski definition) is 7. The van der Waals surface area contributed by atoms with Crippen molar-refractivity contribution >= 4 is 9.84 Å². The molecule has 1 fully saturated rings. The normalized spacial score (nSPS) is 21.8. The average Bonchev–Trinajstić information content (AvgIpc) is 2.70. The van der Waals surface area contributed by atoms with Gasteiger partial charge in [-0.3, -0.25) is 0 Å². The SMILES string of the molecule is CCCCS(=O)(=O)c1ccc2c(c1)OCC(C(O)CNC1CCNCC1)O2. The van der Waals surface area contributed by atoms with Gasteiger partial charge in [0.1, 0.15) is 12.7 Å². The third kappa shape index (κ3) is 5.34. The lowest BCUT2D eigenvalue weighted by Gasteiger charge is -2.31. The summed E-state index contributed by atoms with van der Waals surface area (Å²) in [5, 5.41) is 17.1. The molecular weight excluding hydrogens is 368 g/mol. The van der Waals surface area contributed by atoms with Crippen LogP contribution in [0.25, 0.3) is 0 Å². The van der Waals surface area contributed by atoms with Crippen LogP contribution in [0.5, 0.6) is 11.5 Å². The Bertz CT molecular complexity index is 719. The highest BCUT2D eigenvalue weighted by Gasteiger charge is 2.29. The molecule has 1 aromatic rings. The molecule has 152 valence electrons. The van der Waals surface area contributed by atoms with Gasteiger partial charge in [0, 0.05) is 18.7 Å². The molecule has 2 unspecified atom stereocenters. The molecule has 3 N–H and O–H groups in total. The van der Waals surface area contributed by atoms with Crippen molar-refractivity contribution in [2.75, 3.05) is 32.0 Å². The predicted molar refractivity (Wildman–Crippen MR) is 103 cm³/mol. The van der Waals surface area contributed by atoms with Crippen molar-refractivity contribution in [1.29, 1.82) is 0 Å². The van der Waals surface area contributed by atoms with E-state index in [1.807, 2.05) is 6.92 Å². The van der Waals surface area contributed by atoms with Gasteiger partial charge in [-0.15, -0.1) is 0 Å². The largest absolute Gasteiger partial charge is 0.486 e. The summed E-state index contributed by atoms with van der Waals surface area (Å²) < 4.78 is 36.2. The zero-order chi connectivity index (χ0) is 19.3. The number of benzene rings is 1. The van der Waals surface area contributed by atoms with E-state index < -0.39 is 22.0 Å². The Kier molecular flexibility index (Phi) is 6.97. The predicted octanol–water partition coefficient (Wildman–Crippen LogP) is 1.10. The van der Waals surface area contributed by atoms with Gasteiger partial charge in [-0.05, 0) is 44.5 Å². The minimum Gasteiger partial charge on any atom is -0.486 e. The molecule has 2 heterocycles. The first kappa shape index (κ1) is 20.4. The number of fused-ring (bicyclic) bond motifs is 1. The van der Waals surface area contributed by atoms with Crippen LogP contribution >= 0.6 is 0 Å². The number of nitrogens with one attached hydrogen (secondary N) is 2. The molecule has 0 aromatic heterocycles. The highest BCUT2D eigenvalue weighted by molar-refractivity contribution is 7.91. The van der Waals surface area contributed by atoms with Crippen molar-refractivity contribution in [2.45, 2.75) is 55.8 Å².